The first-order valence-corrected chi connectivity index (χ1v) is 7.71. The molecule has 0 spiro atoms. The molecule has 0 aromatic carbocycles. The van der Waals surface area contributed by atoms with Crippen LogP contribution in [-0.4, -0.2) is 43.6 Å². The van der Waals surface area contributed by atoms with Crippen LogP contribution in [0.1, 0.15) is 25.7 Å². The third-order valence-corrected chi connectivity index (χ3v) is 3.85. The van der Waals surface area contributed by atoms with Gasteiger partial charge in [-0.1, -0.05) is 6.07 Å². The van der Waals surface area contributed by atoms with Gasteiger partial charge in [-0.3, -0.25) is 9.59 Å². The van der Waals surface area contributed by atoms with E-state index in [9.17, 15) is 9.59 Å². The minimum Gasteiger partial charge on any atom is -0.469 e. The molecular formula is C16H23N3O3. The zero-order valence-electron chi connectivity index (χ0n) is 13.0. The Labute approximate surface area is 130 Å². The van der Waals surface area contributed by atoms with Crippen molar-refractivity contribution in [3.05, 3.63) is 24.4 Å². The molecule has 1 aliphatic heterocycles. The minimum absolute atomic E-state index is 0.0196. The summed E-state index contributed by atoms with van der Waals surface area (Å²) in [5, 5.41) is 2.91. The Morgan fingerprint density at radius 3 is 3.05 bits per heavy atom. The maximum Gasteiger partial charge on any atom is 0.305 e. The monoisotopic (exact) mass is 305 g/mol. The van der Waals surface area contributed by atoms with Gasteiger partial charge in [0.2, 0.25) is 5.91 Å². The van der Waals surface area contributed by atoms with Gasteiger partial charge in [0.1, 0.15) is 5.82 Å². The topological polar surface area (TPSA) is 71.5 Å². The van der Waals surface area contributed by atoms with E-state index in [2.05, 4.69) is 19.9 Å². The van der Waals surface area contributed by atoms with Crippen molar-refractivity contribution in [3.8, 4) is 0 Å². The molecule has 1 aromatic heterocycles. The summed E-state index contributed by atoms with van der Waals surface area (Å²) in [5.74, 6) is 0.721. The highest BCUT2D eigenvalue weighted by Gasteiger charge is 2.26. The number of anilines is 1. The van der Waals surface area contributed by atoms with Crippen LogP contribution in [0.4, 0.5) is 5.82 Å². The second kappa shape index (κ2) is 8.36. The van der Waals surface area contributed by atoms with Crippen molar-refractivity contribution in [3.63, 3.8) is 0 Å². The molecule has 1 saturated heterocycles. The van der Waals surface area contributed by atoms with Crippen molar-refractivity contribution < 1.29 is 14.3 Å². The van der Waals surface area contributed by atoms with E-state index in [0.717, 1.165) is 25.2 Å². The lowest BCUT2D eigenvalue weighted by atomic mass is 9.97. The summed E-state index contributed by atoms with van der Waals surface area (Å²) in [4.78, 5) is 29.7. The number of ether oxygens (including phenoxy) is 1. The van der Waals surface area contributed by atoms with Crippen LogP contribution in [0.3, 0.4) is 0 Å². The molecule has 1 amide bonds. The highest BCUT2D eigenvalue weighted by atomic mass is 16.5. The number of hydrogen-bond acceptors (Lipinski definition) is 5. The first-order chi connectivity index (χ1) is 10.7. The van der Waals surface area contributed by atoms with Crippen LogP contribution in [0.2, 0.25) is 0 Å². The molecule has 22 heavy (non-hydrogen) atoms. The summed E-state index contributed by atoms with van der Waals surface area (Å²) in [7, 11) is 1.37. The number of piperidine rings is 1. The van der Waals surface area contributed by atoms with Gasteiger partial charge < -0.3 is 15.0 Å². The Morgan fingerprint density at radius 2 is 2.32 bits per heavy atom. The number of methoxy groups -OCH3 is 1. The molecule has 120 valence electrons. The summed E-state index contributed by atoms with van der Waals surface area (Å²) in [5.41, 5.74) is 0. The fraction of sp³-hybridized carbons (Fsp3) is 0.562. The van der Waals surface area contributed by atoms with Crippen molar-refractivity contribution in [1.29, 1.82) is 0 Å². The van der Waals surface area contributed by atoms with Crippen molar-refractivity contribution in [1.82, 2.24) is 10.3 Å². The van der Waals surface area contributed by atoms with Crippen molar-refractivity contribution in [2.24, 2.45) is 5.92 Å². The van der Waals surface area contributed by atoms with Crippen LogP contribution < -0.4 is 10.2 Å². The van der Waals surface area contributed by atoms with Crippen LogP contribution in [-0.2, 0) is 14.3 Å². The van der Waals surface area contributed by atoms with Crippen LogP contribution in [0, 0.1) is 5.92 Å². The number of amides is 1. The number of hydrogen-bond donors (Lipinski definition) is 1. The second-order valence-corrected chi connectivity index (χ2v) is 5.44. The summed E-state index contributed by atoms with van der Waals surface area (Å²) >= 11 is 0. The van der Waals surface area contributed by atoms with E-state index >= 15 is 0 Å². The Kier molecular flexibility index (Phi) is 6.18. The van der Waals surface area contributed by atoms with E-state index in [4.69, 9.17) is 0 Å². The van der Waals surface area contributed by atoms with Gasteiger partial charge in [-0.25, -0.2) is 4.98 Å². The van der Waals surface area contributed by atoms with E-state index in [1.54, 1.807) is 6.20 Å². The van der Waals surface area contributed by atoms with Crippen LogP contribution in [0.25, 0.3) is 0 Å². The fourth-order valence-corrected chi connectivity index (χ4v) is 2.63. The average Bonchev–Trinajstić information content (AvgIpc) is 2.59. The van der Waals surface area contributed by atoms with E-state index in [0.29, 0.717) is 25.9 Å². The molecule has 0 aliphatic carbocycles. The van der Waals surface area contributed by atoms with Gasteiger partial charge in [0, 0.05) is 32.3 Å². The number of nitrogens with zero attached hydrogens (tertiary/aromatic N) is 2. The maximum absolute atomic E-state index is 12.2. The Balaban J connectivity index is 1.77. The average molecular weight is 305 g/mol. The van der Waals surface area contributed by atoms with Crippen LogP contribution in [0.15, 0.2) is 24.4 Å². The molecule has 0 bridgehead atoms. The Bertz CT molecular complexity index is 493. The zero-order valence-corrected chi connectivity index (χ0v) is 13.0. The molecule has 1 atom stereocenters. The lowest BCUT2D eigenvalue weighted by Gasteiger charge is -2.32. The maximum atomic E-state index is 12.2. The molecule has 6 nitrogen and oxygen atoms in total. The van der Waals surface area contributed by atoms with Crippen LogP contribution >= 0.6 is 0 Å². The molecule has 0 radical (unpaired) electrons. The standard InChI is InChI=1S/C16H23N3O3/c1-22-15(20)8-4-10-18-16(21)13-6-5-11-19(12-13)14-7-2-3-9-17-14/h2-3,7,9,13H,4-6,8,10-12H2,1H3,(H,18,21). The lowest BCUT2D eigenvalue weighted by molar-refractivity contribution is -0.140. The molecule has 2 heterocycles. The lowest BCUT2D eigenvalue weighted by Crippen LogP contribution is -2.43. The van der Waals surface area contributed by atoms with E-state index < -0.39 is 0 Å². The molecule has 1 aliphatic rings. The summed E-state index contributed by atoms with van der Waals surface area (Å²) < 4.78 is 4.57. The predicted molar refractivity (Wildman–Crippen MR) is 83.4 cm³/mol. The van der Waals surface area contributed by atoms with Gasteiger partial charge in [0.15, 0.2) is 0 Å². The number of esters is 1. The molecule has 6 heteroatoms. The van der Waals surface area contributed by atoms with Gasteiger partial charge in [0.05, 0.1) is 13.0 Å². The van der Waals surface area contributed by atoms with Gasteiger partial charge in [-0.05, 0) is 31.4 Å². The van der Waals surface area contributed by atoms with Gasteiger partial charge in [0.25, 0.3) is 0 Å². The first-order valence-electron chi connectivity index (χ1n) is 7.71. The zero-order chi connectivity index (χ0) is 15.8. The third-order valence-electron chi connectivity index (χ3n) is 3.85. The number of nitrogens with one attached hydrogen (secondary N) is 1. The number of carbonyl (C=O) groups excluding carboxylic acids is 2. The minimum atomic E-state index is -0.242. The highest BCUT2D eigenvalue weighted by Crippen LogP contribution is 2.21. The van der Waals surface area contributed by atoms with Crippen molar-refractivity contribution in [2.75, 3.05) is 31.6 Å². The Hall–Kier alpha value is -2.11. The smallest absolute Gasteiger partial charge is 0.305 e. The van der Waals surface area contributed by atoms with E-state index in [1.165, 1.54) is 7.11 Å². The van der Waals surface area contributed by atoms with Gasteiger partial charge in [-0.15, -0.1) is 0 Å². The number of rotatable bonds is 6. The third kappa shape index (κ3) is 4.72. The highest BCUT2D eigenvalue weighted by molar-refractivity contribution is 5.79. The summed E-state index contributed by atoms with van der Waals surface area (Å²) in [6.45, 7) is 2.14. The van der Waals surface area contributed by atoms with Crippen molar-refractivity contribution >= 4 is 17.7 Å². The number of aromatic nitrogens is 1. The fourth-order valence-electron chi connectivity index (χ4n) is 2.63. The second-order valence-electron chi connectivity index (χ2n) is 5.44. The molecular weight excluding hydrogens is 282 g/mol. The predicted octanol–water partition coefficient (Wildman–Crippen LogP) is 1.37. The summed E-state index contributed by atoms with van der Waals surface area (Å²) in [6.07, 6.45) is 4.59. The molecule has 0 saturated carbocycles. The Morgan fingerprint density at radius 1 is 1.45 bits per heavy atom. The van der Waals surface area contributed by atoms with Gasteiger partial charge in [-0.2, -0.15) is 0 Å². The number of pyridine rings is 1. The van der Waals surface area contributed by atoms with Crippen LogP contribution in [0.5, 0.6) is 0 Å². The van der Waals surface area contributed by atoms with E-state index in [-0.39, 0.29) is 17.8 Å². The quantitative estimate of drug-likeness (QED) is 0.635. The molecule has 1 unspecified atom stereocenters. The van der Waals surface area contributed by atoms with Gasteiger partial charge >= 0.3 is 5.97 Å². The van der Waals surface area contributed by atoms with E-state index in [1.807, 2.05) is 18.2 Å². The molecule has 1 aromatic rings. The normalized spacial score (nSPS) is 17.9. The summed E-state index contributed by atoms with van der Waals surface area (Å²) in [6, 6.07) is 5.81. The van der Waals surface area contributed by atoms with Crippen molar-refractivity contribution in [2.45, 2.75) is 25.7 Å². The molecule has 2 rings (SSSR count). The largest absolute Gasteiger partial charge is 0.469 e. The first kappa shape index (κ1) is 16.3. The molecule has 1 fully saturated rings. The molecule has 1 N–H and O–H groups in total. The number of carbonyl (C=O) groups is 2. The SMILES string of the molecule is COC(=O)CCCNC(=O)C1CCCN(c2ccccn2)C1.